The third-order valence-corrected chi connectivity index (χ3v) is 3.81. The fraction of sp³-hybridized carbons (Fsp3) is 0.312. The standard InChI is InChI=1S/C16H16N2O3/c19-15(12-5-2-1-3-6-12)21-10-13-9-17-16(20)18-14(13)11-7-4-8-11/h1-3,5-6,9,11H,4,7-8,10H2,(H,17,18,20). The number of H-pyrrole nitrogens is 1. The van der Waals surface area contributed by atoms with Gasteiger partial charge in [0.2, 0.25) is 0 Å². The van der Waals surface area contributed by atoms with Crippen molar-refractivity contribution in [2.24, 2.45) is 0 Å². The predicted molar refractivity (Wildman–Crippen MR) is 77.0 cm³/mol. The monoisotopic (exact) mass is 284 g/mol. The molecule has 0 spiro atoms. The van der Waals surface area contributed by atoms with E-state index in [2.05, 4.69) is 9.97 Å². The maximum absolute atomic E-state index is 11.9. The van der Waals surface area contributed by atoms with Crippen LogP contribution in [0, 0.1) is 0 Å². The summed E-state index contributed by atoms with van der Waals surface area (Å²) in [6.07, 6.45) is 4.78. The van der Waals surface area contributed by atoms with Crippen molar-refractivity contribution in [2.75, 3.05) is 0 Å². The molecule has 3 rings (SSSR count). The molecule has 1 fully saturated rings. The first-order valence-corrected chi connectivity index (χ1v) is 7.04. The van der Waals surface area contributed by atoms with Gasteiger partial charge < -0.3 is 9.72 Å². The van der Waals surface area contributed by atoms with Crippen LogP contribution in [0.4, 0.5) is 0 Å². The zero-order valence-corrected chi connectivity index (χ0v) is 11.5. The molecule has 5 nitrogen and oxygen atoms in total. The third kappa shape index (κ3) is 3.02. The summed E-state index contributed by atoms with van der Waals surface area (Å²) in [7, 11) is 0. The van der Waals surface area contributed by atoms with Crippen molar-refractivity contribution < 1.29 is 9.53 Å². The molecule has 5 heteroatoms. The highest BCUT2D eigenvalue weighted by Gasteiger charge is 2.24. The van der Waals surface area contributed by atoms with Crippen LogP contribution in [0.15, 0.2) is 41.3 Å². The summed E-state index contributed by atoms with van der Waals surface area (Å²) in [5.41, 5.74) is 1.81. The number of carbonyl (C=O) groups excluding carboxylic acids is 1. The van der Waals surface area contributed by atoms with E-state index in [1.165, 1.54) is 6.20 Å². The Hall–Kier alpha value is -2.43. The van der Waals surface area contributed by atoms with Crippen molar-refractivity contribution in [1.82, 2.24) is 9.97 Å². The Morgan fingerprint density at radius 1 is 1.29 bits per heavy atom. The Kier molecular flexibility index (Phi) is 3.81. The van der Waals surface area contributed by atoms with E-state index in [1.807, 2.05) is 6.07 Å². The van der Waals surface area contributed by atoms with E-state index in [0.717, 1.165) is 30.5 Å². The number of hydrogen-bond donors (Lipinski definition) is 1. The van der Waals surface area contributed by atoms with Gasteiger partial charge in [-0.1, -0.05) is 24.6 Å². The zero-order valence-electron chi connectivity index (χ0n) is 11.5. The average molecular weight is 284 g/mol. The molecule has 0 radical (unpaired) electrons. The van der Waals surface area contributed by atoms with E-state index in [0.29, 0.717) is 11.5 Å². The number of hydrogen-bond acceptors (Lipinski definition) is 4. The van der Waals surface area contributed by atoms with Crippen LogP contribution >= 0.6 is 0 Å². The molecule has 1 heterocycles. The molecule has 0 aliphatic heterocycles. The molecule has 0 saturated heterocycles. The minimum absolute atomic E-state index is 0.128. The third-order valence-electron chi connectivity index (χ3n) is 3.81. The van der Waals surface area contributed by atoms with Gasteiger partial charge in [0.05, 0.1) is 5.56 Å². The number of esters is 1. The molecule has 1 aromatic heterocycles. The molecule has 1 saturated carbocycles. The van der Waals surface area contributed by atoms with Crippen LogP contribution in [-0.2, 0) is 11.3 Å². The molecule has 0 amide bonds. The average Bonchev–Trinajstić information content (AvgIpc) is 2.45. The van der Waals surface area contributed by atoms with Crippen molar-refractivity contribution in [3.8, 4) is 0 Å². The molecule has 1 aliphatic rings. The van der Waals surface area contributed by atoms with Gasteiger partial charge in [0.15, 0.2) is 0 Å². The number of aromatic nitrogens is 2. The summed E-state index contributed by atoms with van der Waals surface area (Å²) in [4.78, 5) is 29.8. The number of nitrogens with one attached hydrogen (secondary N) is 1. The fourth-order valence-corrected chi connectivity index (χ4v) is 2.41. The van der Waals surface area contributed by atoms with Crippen LogP contribution in [0.25, 0.3) is 0 Å². The number of nitrogens with zero attached hydrogens (tertiary/aromatic N) is 1. The summed E-state index contributed by atoms with van der Waals surface area (Å²) in [5.74, 6) is -0.0208. The minimum atomic E-state index is -0.374. The Balaban J connectivity index is 1.73. The lowest BCUT2D eigenvalue weighted by Crippen LogP contribution is -2.21. The van der Waals surface area contributed by atoms with Crippen LogP contribution in [-0.4, -0.2) is 15.9 Å². The van der Waals surface area contributed by atoms with E-state index in [1.54, 1.807) is 24.3 Å². The second-order valence-electron chi connectivity index (χ2n) is 5.20. The first-order valence-electron chi connectivity index (χ1n) is 7.04. The molecule has 108 valence electrons. The Morgan fingerprint density at radius 2 is 2.05 bits per heavy atom. The van der Waals surface area contributed by atoms with Crippen molar-refractivity contribution in [2.45, 2.75) is 31.8 Å². The smallest absolute Gasteiger partial charge is 0.345 e. The summed E-state index contributed by atoms with van der Waals surface area (Å²) in [6.45, 7) is 0.128. The Bertz CT molecular complexity index is 690. The van der Waals surface area contributed by atoms with Gasteiger partial charge in [-0.05, 0) is 30.9 Å². The molecule has 1 aromatic carbocycles. The maximum atomic E-state index is 11.9. The van der Waals surface area contributed by atoms with Crippen molar-refractivity contribution in [1.29, 1.82) is 0 Å². The first-order chi connectivity index (χ1) is 10.2. The van der Waals surface area contributed by atoms with Crippen LogP contribution in [0.2, 0.25) is 0 Å². The normalized spacial score (nSPS) is 14.5. The quantitative estimate of drug-likeness (QED) is 0.875. The predicted octanol–water partition coefficient (Wildman–Crippen LogP) is 2.39. The van der Waals surface area contributed by atoms with Crippen molar-refractivity contribution in [3.05, 3.63) is 63.8 Å². The van der Waals surface area contributed by atoms with Gasteiger partial charge in [0.25, 0.3) is 0 Å². The number of carbonyl (C=O) groups is 1. The molecule has 2 aromatic rings. The lowest BCUT2D eigenvalue weighted by Gasteiger charge is -2.26. The molecule has 0 unspecified atom stereocenters. The lowest BCUT2D eigenvalue weighted by molar-refractivity contribution is 0.0470. The van der Waals surface area contributed by atoms with E-state index in [4.69, 9.17) is 4.74 Å². The highest BCUT2D eigenvalue weighted by molar-refractivity contribution is 5.89. The van der Waals surface area contributed by atoms with Crippen LogP contribution < -0.4 is 5.69 Å². The lowest BCUT2D eigenvalue weighted by atomic mass is 9.81. The SMILES string of the molecule is O=C(OCc1cnc(=O)[nH]c1C1CCC1)c1ccccc1. The number of ether oxygens (including phenoxy) is 1. The zero-order chi connectivity index (χ0) is 14.7. The second kappa shape index (κ2) is 5.91. The highest BCUT2D eigenvalue weighted by Crippen LogP contribution is 2.36. The maximum Gasteiger partial charge on any atom is 0.345 e. The summed E-state index contributed by atoms with van der Waals surface area (Å²) in [6, 6.07) is 8.84. The van der Waals surface area contributed by atoms with Crippen molar-refractivity contribution >= 4 is 5.97 Å². The van der Waals surface area contributed by atoms with Gasteiger partial charge in [-0.3, -0.25) is 0 Å². The Labute approximate surface area is 122 Å². The van der Waals surface area contributed by atoms with Crippen LogP contribution in [0.1, 0.15) is 46.8 Å². The number of benzene rings is 1. The van der Waals surface area contributed by atoms with Crippen LogP contribution in [0.5, 0.6) is 0 Å². The van der Waals surface area contributed by atoms with Crippen molar-refractivity contribution in [3.63, 3.8) is 0 Å². The highest BCUT2D eigenvalue weighted by atomic mass is 16.5. The largest absolute Gasteiger partial charge is 0.457 e. The molecular weight excluding hydrogens is 268 g/mol. The molecule has 0 bridgehead atoms. The van der Waals surface area contributed by atoms with Gasteiger partial charge in [-0.25, -0.2) is 14.6 Å². The molecule has 1 N–H and O–H groups in total. The topological polar surface area (TPSA) is 72.0 Å². The van der Waals surface area contributed by atoms with E-state index < -0.39 is 0 Å². The van der Waals surface area contributed by atoms with Crippen LogP contribution in [0.3, 0.4) is 0 Å². The van der Waals surface area contributed by atoms with Gasteiger partial charge >= 0.3 is 11.7 Å². The van der Waals surface area contributed by atoms with Gasteiger partial charge in [0, 0.05) is 17.5 Å². The first kappa shape index (κ1) is 13.5. The summed E-state index contributed by atoms with van der Waals surface area (Å²) < 4.78 is 5.31. The molecule has 1 aliphatic carbocycles. The molecule has 21 heavy (non-hydrogen) atoms. The number of aromatic amines is 1. The van der Waals surface area contributed by atoms with Gasteiger partial charge in [-0.2, -0.15) is 0 Å². The fourth-order valence-electron chi connectivity index (χ4n) is 2.41. The van der Waals surface area contributed by atoms with E-state index >= 15 is 0 Å². The van der Waals surface area contributed by atoms with E-state index in [-0.39, 0.29) is 18.3 Å². The molecule has 0 atom stereocenters. The van der Waals surface area contributed by atoms with Gasteiger partial charge in [0.1, 0.15) is 6.61 Å². The van der Waals surface area contributed by atoms with Gasteiger partial charge in [-0.15, -0.1) is 0 Å². The number of rotatable bonds is 4. The summed E-state index contributed by atoms with van der Waals surface area (Å²) >= 11 is 0. The summed E-state index contributed by atoms with van der Waals surface area (Å²) in [5, 5.41) is 0. The molecular formula is C16H16N2O3. The Morgan fingerprint density at radius 3 is 2.71 bits per heavy atom. The van der Waals surface area contributed by atoms with E-state index in [9.17, 15) is 9.59 Å². The minimum Gasteiger partial charge on any atom is -0.457 e. The second-order valence-corrected chi connectivity index (χ2v) is 5.20.